The van der Waals surface area contributed by atoms with Crippen molar-refractivity contribution in [2.24, 2.45) is 10.2 Å². The molecule has 1 heterocycles. The zero-order valence-corrected chi connectivity index (χ0v) is 7.14. The molecular formula is C10H5N3O. The Balaban J connectivity index is 2.36. The number of hydrogen-bond acceptors (Lipinski definition) is 3. The number of nitrogens with zero attached hydrogens (tertiary/aromatic N) is 3. The molecule has 0 aromatic heterocycles. The topological polar surface area (TPSA) is 65.6 Å². The summed E-state index contributed by atoms with van der Waals surface area (Å²) in [6.45, 7) is 0. The van der Waals surface area contributed by atoms with E-state index in [0.29, 0.717) is 11.1 Å². The minimum Gasteiger partial charge on any atom is -0.265 e. The second-order valence-electron chi connectivity index (χ2n) is 2.75. The van der Waals surface area contributed by atoms with Gasteiger partial charge in [-0.2, -0.15) is 10.4 Å². The van der Waals surface area contributed by atoms with Crippen LogP contribution in [0.1, 0.15) is 11.1 Å². The van der Waals surface area contributed by atoms with Crippen LogP contribution in [-0.4, -0.2) is 5.91 Å². The Labute approximate surface area is 80.2 Å². The van der Waals surface area contributed by atoms with Crippen LogP contribution in [0.25, 0.3) is 5.57 Å². The Kier molecular flexibility index (Phi) is 1.92. The molecule has 0 saturated heterocycles. The Morgan fingerprint density at radius 2 is 1.93 bits per heavy atom. The van der Waals surface area contributed by atoms with Gasteiger partial charge in [0.05, 0.1) is 23.4 Å². The van der Waals surface area contributed by atoms with E-state index >= 15 is 0 Å². The molecule has 0 fully saturated rings. The van der Waals surface area contributed by atoms with Crippen molar-refractivity contribution >= 4 is 11.5 Å². The molecule has 0 unspecified atom stereocenters. The number of carbonyl (C=O) groups excluding carboxylic acids is 1. The van der Waals surface area contributed by atoms with Crippen molar-refractivity contribution in [3.63, 3.8) is 0 Å². The average molecular weight is 183 g/mol. The Hall–Kier alpha value is -2.28. The van der Waals surface area contributed by atoms with Gasteiger partial charge in [0.15, 0.2) is 0 Å². The highest BCUT2D eigenvalue weighted by Crippen LogP contribution is 2.20. The first kappa shape index (κ1) is 8.32. The molecule has 14 heavy (non-hydrogen) atoms. The molecule has 0 bridgehead atoms. The third-order valence-electron chi connectivity index (χ3n) is 1.89. The standard InChI is InChI=1S/C10H5N3O/c11-5-7-1-3-8(4-2-7)9-6-12-13-10(9)14/h1-4,6H. The van der Waals surface area contributed by atoms with Gasteiger partial charge in [0.25, 0.3) is 5.91 Å². The summed E-state index contributed by atoms with van der Waals surface area (Å²) in [4.78, 5) is 11.1. The van der Waals surface area contributed by atoms with Crippen molar-refractivity contribution in [2.45, 2.75) is 0 Å². The Morgan fingerprint density at radius 1 is 1.21 bits per heavy atom. The van der Waals surface area contributed by atoms with Crippen molar-refractivity contribution in [3.05, 3.63) is 41.6 Å². The van der Waals surface area contributed by atoms with Gasteiger partial charge < -0.3 is 0 Å². The predicted molar refractivity (Wildman–Crippen MR) is 49.0 cm³/mol. The van der Waals surface area contributed by atoms with Crippen molar-refractivity contribution < 1.29 is 4.79 Å². The summed E-state index contributed by atoms with van der Waals surface area (Å²) in [5.41, 5.74) is 1.77. The number of benzene rings is 1. The highest BCUT2D eigenvalue weighted by atomic mass is 16.2. The number of rotatable bonds is 1. The molecule has 1 aliphatic rings. The first-order valence-electron chi connectivity index (χ1n) is 3.97. The van der Waals surface area contributed by atoms with E-state index < -0.39 is 0 Å². The van der Waals surface area contributed by atoms with Gasteiger partial charge in [-0.1, -0.05) is 12.1 Å². The highest BCUT2D eigenvalue weighted by molar-refractivity contribution is 6.20. The third kappa shape index (κ3) is 1.31. The Bertz CT molecular complexity index is 477. The first-order chi connectivity index (χ1) is 6.81. The van der Waals surface area contributed by atoms with Gasteiger partial charge in [0, 0.05) is 0 Å². The minimum absolute atomic E-state index is 0.338. The second kappa shape index (κ2) is 3.23. The zero-order valence-electron chi connectivity index (χ0n) is 7.14. The molecule has 2 rings (SSSR count). The van der Waals surface area contributed by atoms with Crippen molar-refractivity contribution in [3.8, 4) is 6.07 Å². The molecule has 0 N–H and O–H groups in total. The molecule has 0 radical (unpaired) electrons. The molecule has 0 aliphatic carbocycles. The molecule has 1 amide bonds. The summed E-state index contributed by atoms with van der Waals surface area (Å²) in [7, 11) is 0. The smallest absolute Gasteiger partial charge is 0.265 e. The summed E-state index contributed by atoms with van der Waals surface area (Å²) in [6.07, 6.45) is 1.42. The second-order valence-corrected chi connectivity index (χ2v) is 2.75. The van der Waals surface area contributed by atoms with Gasteiger partial charge in [-0.05, 0) is 17.7 Å². The lowest BCUT2D eigenvalue weighted by atomic mass is 10.1. The summed E-state index contributed by atoms with van der Waals surface area (Å²) in [5.74, 6) is -0.338. The van der Waals surface area contributed by atoms with E-state index in [1.165, 1.54) is 6.20 Å². The van der Waals surface area contributed by atoms with Crippen LogP contribution in [0.3, 0.4) is 0 Å². The third-order valence-corrected chi connectivity index (χ3v) is 1.89. The lowest BCUT2D eigenvalue weighted by molar-refractivity contribution is -0.112. The normalized spacial score (nSPS) is 13.9. The van der Waals surface area contributed by atoms with Gasteiger partial charge in [-0.25, -0.2) is 0 Å². The molecular weight excluding hydrogens is 178 g/mol. The van der Waals surface area contributed by atoms with Crippen LogP contribution >= 0.6 is 0 Å². The number of nitriles is 1. The lowest BCUT2D eigenvalue weighted by Crippen LogP contribution is -1.93. The van der Waals surface area contributed by atoms with E-state index in [2.05, 4.69) is 10.2 Å². The summed E-state index contributed by atoms with van der Waals surface area (Å²) >= 11 is 0. The fourth-order valence-corrected chi connectivity index (χ4v) is 1.17. The van der Waals surface area contributed by atoms with E-state index in [-0.39, 0.29) is 5.91 Å². The molecule has 1 aromatic carbocycles. The largest absolute Gasteiger partial charge is 0.297 e. The van der Waals surface area contributed by atoms with Gasteiger partial charge in [0.1, 0.15) is 0 Å². The summed E-state index contributed by atoms with van der Waals surface area (Å²) in [5, 5.41) is 15.5. The average Bonchev–Trinajstić information content (AvgIpc) is 2.65. The van der Waals surface area contributed by atoms with Crippen LogP contribution in [-0.2, 0) is 4.79 Å². The molecule has 0 atom stereocenters. The molecule has 4 nitrogen and oxygen atoms in total. The fraction of sp³-hybridized carbons (Fsp3) is 0. The number of hydrogen-bond donors (Lipinski definition) is 0. The maximum Gasteiger partial charge on any atom is 0.297 e. The van der Waals surface area contributed by atoms with Gasteiger partial charge >= 0.3 is 0 Å². The minimum atomic E-state index is -0.338. The summed E-state index contributed by atoms with van der Waals surface area (Å²) in [6, 6.07) is 8.73. The van der Waals surface area contributed by atoms with Crippen molar-refractivity contribution in [1.82, 2.24) is 0 Å². The number of amides is 1. The van der Waals surface area contributed by atoms with E-state index in [1.807, 2.05) is 6.07 Å². The van der Waals surface area contributed by atoms with Gasteiger partial charge in [-0.3, -0.25) is 4.79 Å². The van der Waals surface area contributed by atoms with Crippen LogP contribution in [0, 0.1) is 11.3 Å². The molecule has 0 saturated carbocycles. The van der Waals surface area contributed by atoms with E-state index in [9.17, 15) is 4.79 Å². The van der Waals surface area contributed by atoms with Crippen molar-refractivity contribution in [1.29, 1.82) is 5.26 Å². The Morgan fingerprint density at radius 3 is 2.43 bits per heavy atom. The summed E-state index contributed by atoms with van der Waals surface area (Å²) < 4.78 is 0. The quantitative estimate of drug-likeness (QED) is 0.667. The number of carbonyl (C=O) groups is 1. The van der Waals surface area contributed by atoms with Crippen molar-refractivity contribution in [2.75, 3.05) is 0 Å². The van der Waals surface area contributed by atoms with Crippen LogP contribution in [0.2, 0.25) is 0 Å². The monoisotopic (exact) mass is 183 g/mol. The highest BCUT2D eigenvalue weighted by Gasteiger charge is 2.14. The lowest BCUT2D eigenvalue weighted by Gasteiger charge is -1.97. The van der Waals surface area contributed by atoms with E-state index in [4.69, 9.17) is 5.26 Å². The molecule has 1 aromatic rings. The van der Waals surface area contributed by atoms with Gasteiger partial charge in [-0.15, -0.1) is 5.11 Å². The van der Waals surface area contributed by atoms with E-state index in [1.54, 1.807) is 24.3 Å². The molecule has 1 aliphatic heterocycles. The molecule has 0 spiro atoms. The van der Waals surface area contributed by atoms with Crippen LogP contribution < -0.4 is 0 Å². The predicted octanol–water partition coefficient (Wildman–Crippen LogP) is 1.89. The van der Waals surface area contributed by atoms with Crippen LogP contribution in [0.5, 0.6) is 0 Å². The number of azo groups is 1. The fourth-order valence-electron chi connectivity index (χ4n) is 1.17. The maximum absolute atomic E-state index is 11.1. The van der Waals surface area contributed by atoms with Crippen LogP contribution in [0.15, 0.2) is 40.7 Å². The SMILES string of the molecule is N#Cc1ccc(C2=CN=NC2=O)cc1. The zero-order chi connectivity index (χ0) is 9.97. The molecule has 66 valence electrons. The maximum atomic E-state index is 11.1. The van der Waals surface area contributed by atoms with Crippen LogP contribution in [0.4, 0.5) is 0 Å². The van der Waals surface area contributed by atoms with E-state index in [0.717, 1.165) is 5.56 Å². The van der Waals surface area contributed by atoms with Gasteiger partial charge in [0.2, 0.25) is 0 Å². The first-order valence-corrected chi connectivity index (χ1v) is 3.97. The molecule has 4 heteroatoms.